The van der Waals surface area contributed by atoms with E-state index in [2.05, 4.69) is 26.1 Å². The second-order valence-electron chi connectivity index (χ2n) is 8.61. The Bertz CT molecular complexity index is 1040. The quantitative estimate of drug-likeness (QED) is 0.338. The van der Waals surface area contributed by atoms with E-state index in [1.165, 1.54) is 23.5 Å². The van der Waals surface area contributed by atoms with Gasteiger partial charge in [-0.25, -0.2) is 4.79 Å². The lowest BCUT2D eigenvalue weighted by Crippen LogP contribution is -2.26. The molecule has 0 bridgehead atoms. The van der Waals surface area contributed by atoms with E-state index in [4.69, 9.17) is 16.3 Å². The van der Waals surface area contributed by atoms with Gasteiger partial charge >= 0.3 is 5.97 Å². The molecule has 0 aliphatic heterocycles. The van der Waals surface area contributed by atoms with Crippen molar-refractivity contribution in [2.45, 2.75) is 47.0 Å². The summed E-state index contributed by atoms with van der Waals surface area (Å²) in [5, 5.41) is 14.3. The zero-order valence-corrected chi connectivity index (χ0v) is 19.5. The number of halogens is 1. The molecule has 1 aromatic heterocycles. The number of ether oxygens (including phenoxy) is 1. The molecule has 166 valence electrons. The molecule has 1 heterocycles. The maximum atomic E-state index is 12.8. The Morgan fingerprint density at radius 1 is 1.35 bits per heavy atom. The Labute approximate surface area is 189 Å². The van der Waals surface area contributed by atoms with E-state index < -0.39 is 16.8 Å². The lowest BCUT2D eigenvalue weighted by molar-refractivity contribution is -0.384. The largest absolute Gasteiger partial charge is 0.462 e. The van der Waals surface area contributed by atoms with Crippen molar-refractivity contribution in [3.8, 4) is 0 Å². The number of anilines is 1. The van der Waals surface area contributed by atoms with Crippen LogP contribution in [0.15, 0.2) is 18.2 Å². The number of nitro benzene ring substituents is 1. The number of nitrogens with one attached hydrogen (secondary N) is 1. The van der Waals surface area contributed by atoms with E-state index in [1.807, 2.05) is 0 Å². The second-order valence-corrected chi connectivity index (χ2v) is 10.1. The standard InChI is InChI=1S/C22H25ClN2O5S/c1-5-30-21(27)18-14-8-7-13(22(2,3)4)11-17(14)31-20(18)24-19(26)12-6-9-15(23)16(10-12)25(28)29/h6,9-10,13H,5,7-8,11H2,1-4H3,(H,24,26). The maximum absolute atomic E-state index is 12.8. The van der Waals surface area contributed by atoms with Crippen LogP contribution in [0.3, 0.4) is 0 Å². The molecule has 2 aromatic rings. The van der Waals surface area contributed by atoms with E-state index in [9.17, 15) is 19.7 Å². The monoisotopic (exact) mass is 464 g/mol. The van der Waals surface area contributed by atoms with Crippen molar-refractivity contribution in [1.82, 2.24) is 0 Å². The molecule has 9 heteroatoms. The van der Waals surface area contributed by atoms with Crippen LogP contribution < -0.4 is 5.32 Å². The molecule has 1 N–H and O–H groups in total. The average molecular weight is 465 g/mol. The van der Waals surface area contributed by atoms with Gasteiger partial charge in [-0.1, -0.05) is 32.4 Å². The molecule has 7 nitrogen and oxygen atoms in total. The average Bonchev–Trinajstić information content (AvgIpc) is 3.04. The highest BCUT2D eigenvalue weighted by molar-refractivity contribution is 7.17. The van der Waals surface area contributed by atoms with Crippen LogP contribution in [0.4, 0.5) is 10.7 Å². The van der Waals surface area contributed by atoms with Gasteiger partial charge in [-0.15, -0.1) is 11.3 Å². The predicted molar refractivity (Wildman–Crippen MR) is 121 cm³/mol. The third kappa shape index (κ3) is 4.91. The second kappa shape index (κ2) is 8.96. The van der Waals surface area contributed by atoms with Gasteiger partial charge in [0.1, 0.15) is 10.0 Å². The molecule has 0 spiro atoms. The first-order valence-corrected chi connectivity index (χ1v) is 11.3. The minimum Gasteiger partial charge on any atom is -0.462 e. The third-order valence-corrected chi connectivity index (χ3v) is 7.09. The summed E-state index contributed by atoms with van der Waals surface area (Å²) in [4.78, 5) is 37.1. The minimum atomic E-state index is -0.639. The first-order chi connectivity index (χ1) is 14.5. The Morgan fingerprint density at radius 3 is 2.68 bits per heavy atom. The molecule has 3 rings (SSSR count). The van der Waals surface area contributed by atoms with Crippen molar-refractivity contribution >= 4 is 45.5 Å². The number of amides is 1. The van der Waals surface area contributed by atoms with Gasteiger partial charge in [0.2, 0.25) is 0 Å². The summed E-state index contributed by atoms with van der Waals surface area (Å²) >= 11 is 7.22. The van der Waals surface area contributed by atoms with Crippen molar-refractivity contribution < 1.29 is 19.2 Å². The van der Waals surface area contributed by atoms with E-state index in [1.54, 1.807) is 6.92 Å². The summed E-state index contributed by atoms with van der Waals surface area (Å²) in [6, 6.07) is 3.86. The molecule has 0 saturated carbocycles. The molecular weight excluding hydrogens is 440 g/mol. The van der Waals surface area contributed by atoms with Crippen molar-refractivity contribution in [3.05, 3.63) is 54.9 Å². The highest BCUT2D eigenvalue weighted by Crippen LogP contribution is 2.44. The number of fused-ring (bicyclic) bond motifs is 1. The number of nitro groups is 1. The van der Waals surface area contributed by atoms with Gasteiger partial charge in [0, 0.05) is 16.5 Å². The SMILES string of the molecule is CCOC(=O)c1c(NC(=O)c2ccc(Cl)c([N+](=O)[O-])c2)sc2c1CCC(C(C)(C)C)C2. The van der Waals surface area contributed by atoms with Crippen LogP contribution in [-0.2, 0) is 17.6 Å². The molecule has 1 aliphatic carbocycles. The van der Waals surface area contributed by atoms with Gasteiger partial charge < -0.3 is 10.1 Å². The van der Waals surface area contributed by atoms with Crippen molar-refractivity contribution in [2.24, 2.45) is 11.3 Å². The van der Waals surface area contributed by atoms with Crippen molar-refractivity contribution in [1.29, 1.82) is 0 Å². The number of thiophene rings is 1. The summed E-state index contributed by atoms with van der Waals surface area (Å²) in [5.74, 6) is -0.543. The van der Waals surface area contributed by atoms with E-state index in [0.29, 0.717) is 16.5 Å². The van der Waals surface area contributed by atoms with Crippen molar-refractivity contribution in [3.63, 3.8) is 0 Å². The van der Waals surface area contributed by atoms with Gasteiger partial charge in [0.15, 0.2) is 0 Å². The minimum absolute atomic E-state index is 0.0476. The Hall–Kier alpha value is -2.45. The molecule has 1 aromatic carbocycles. The summed E-state index contributed by atoms with van der Waals surface area (Å²) in [5.41, 5.74) is 1.20. The first kappa shape index (κ1) is 23.2. The molecular formula is C22H25ClN2O5S. The van der Waals surface area contributed by atoms with Gasteiger partial charge in [-0.3, -0.25) is 14.9 Å². The highest BCUT2D eigenvalue weighted by Gasteiger charge is 2.34. The number of rotatable bonds is 5. The zero-order chi connectivity index (χ0) is 22.9. The number of benzene rings is 1. The van der Waals surface area contributed by atoms with Crippen LogP contribution in [-0.4, -0.2) is 23.4 Å². The maximum Gasteiger partial charge on any atom is 0.341 e. The first-order valence-electron chi connectivity index (χ1n) is 10.1. The number of carbonyl (C=O) groups is 2. The number of carbonyl (C=O) groups excluding carboxylic acids is 2. The zero-order valence-electron chi connectivity index (χ0n) is 17.9. The van der Waals surface area contributed by atoms with Gasteiger partial charge in [0.25, 0.3) is 11.6 Å². The smallest absolute Gasteiger partial charge is 0.341 e. The molecule has 0 saturated heterocycles. The van der Waals surface area contributed by atoms with E-state index >= 15 is 0 Å². The fourth-order valence-electron chi connectivity index (χ4n) is 3.80. The van der Waals surface area contributed by atoms with Crippen LogP contribution in [0.25, 0.3) is 0 Å². The summed E-state index contributed by atoms with van der Waals surface area (Å²) in [6.45, 7) is 8.58. The highest BCUT2D eigenvalue weighted by atomic mass is 35.5. The lowest BCUT2D eigenvalue weighted by Gasteiger charge is -2.33. The van der Waals surface area contributed by atoms with E-state index in [-0.39, 0.29) is 28.3 Å². The van der Waals surface area contributed by atoms with Gasteiger partial charge in [0.05, 0.1) is 17.1 Å². The number of esters is 1. The van der Waals surface area contributed by atoms with Gasteiger partial charge in [-0.05, 0) is 55.2 Å². The van der Waals surface area contributed by atoms with Crippen LogP contribution in [0, 0.1) is 21.4 Å². The van der Waals surface area contributed by atoms with E-state index in [0.717, 1.165) is 35.8 Å². The molecule has 1 aliphatic rings. The fraction of sp³-hybridized carbons (Fsp3) is 0.455. The summed E-state index contributed by atoms with van der Waals surface area (Å²) < 4.78 is 5.25. The van der Waals surface area contributed by atoms with Crippen molar-refractivity contribution in [2.75, 3.05) is 11.9 Å². The molecule has 0 fully saturated rings. The fourth-order valence-corrected chi connectivity index (χ4v) is 5.30. The Kier molecular flexibility index (Phi) is 6.71. The Balaban J connectivity index is 1.96. The summed E-state index contributed by atoms with van der Waals surface area (Å²) in [6.07, 6.45) is 2.53. The Morgan fingerprint density at radius 2 is 2.06 bits per heavy atom. The molecule has 1 atom stereocenters. The lowest BCUT2D eigenvalue weighted by atomic mass is 9.72. The topological polar surface area (TPSA) is 98.5 Å². The normalized spacial score (nSPS) is 15.8. The van der Waals surface area contributed by atoms with Crippen LogP contribution in [0.5, 0.6) is 0 Å². The van der Waals surface area contributed by atoms with Gasteiger partial charge in [-0.2, -0.15) is 0 Å². The number of nitrogens with zero attached hydrogens (tertiary/aromatic N) is 1. The summed E-state index contributed by atoms with van der Waals surface area (Å²) in [7, 11) is 0. The van der Waals surface area contributed by atoms with Crippen LogP contribution in [0.1, 0.15) is 65.3 Å². The number of hydrogen-bond donors (Lipinski definition) is 1. The predicted octanol–water partition coefficient (Wildman–Crippen LogP) is 5.89. The third-order valence-electron chi connectivity index (χ3n) is 5.60. The molecule has 31 heavy (non-hydrogen) atoms. The molecule has 1 amide bonds. The molecule has 0 radical (unpaired) electrons. The van der Waals surface area contributed by atoms with Crippen LogP contribution in [0.2, 0.25) is 5.02 Å². The number of hydrogen-bond acceptors (Lipinski definition) is 6. The van der Waals surface area contributed by atoms with Crippen LogP contribution >= 0.6 is 22.9 Å². The molecule has 1 unspecified atom stereocenters.